The van der Waals surface area contributed by atoms with Gasteiger partial charge in [-0.1, -0.05) is 13.8 Å². The van der Waals surface area contributed by atoms with E-state index in [2.05, 4.69) is 18.8 Å². The fourth-order valence-electron chi connectivity index (χ4n) is 1.80. The molecule has 1 heterocycles. The van der Waals surface area contributed by atoms with Crippen molar-refractivity contribution in [2.24, 2.45) is 17.6 Å². The zero-order valence-corrected chi connectivity index (χ0v) is 8.60. The number of ether oxygens (including phenoxy) is 1. The zero-order chi connectivity index (χ0) is 10.2. The number of rotatable bonds is 3. The van der Waals surface area contributed by atoms with Crippen molar-refractivity contribution < 1.29 is 4.74 Å². The van der Waals surface area contributed by atoms with Gasteiger partial charge >= 0.3 is 0 Å². The molecule has 2 rings (SSSR count). The van der Waals surface area contributed by atoms with Crippen molar-refractivity contribution in [2.45, 2.75) is 19.4 Å². The third-order valence-corrected chi connectivity index (χ3v) is 3.46. The first kappa shape index (κ1) is 9.46. The lowest BCUT2D eigenvalue weighted by Gasteiger charge is -2.12. The molecule has 0 bridgehead atoms. The second-order valence-electron chi connectivity index (χ2n) is 4.17. The second kappa shape index (κ2) is 3.24. The highest BCUT2D eigenvalue weighted by Gasteiger charge is 2.56. The topological polar surface area (TPSA) is 48.1 Å². The van der Waals surface area contributed by atoms with Crippen LogP contribution in [0.25, 0.3) is 0 Å². The molecule has 76 valence electrons. The van der Waals surface area contributed by atoms with Crippen LogP contribution in [-0.2, 0) is 0 Å². The van der Waals surface area contributed by atoms with E-state index in [1.807, 2.05) is 12.1 Å². The molecular formula is C11H16N2O. The van der Waals surface area contributed by atoms with Crippen LogP contribution in [0.4, 0.5) is 0 Å². The molecule has 2 unspecified atom stereocenters. The summed E-state index contributed by atoms with van der Waals surface area (Å²) in [6.45, 7) is 4.91. The summed E-state index contributed by atoms with van der Waals surface area (Å²) in [4.78, 5) is 3.98. The molecule has 0 radical (unpaired) electrons. The summed E-state index contributed by atoms with van der Waals surface area (Å²) in [6.07, 6.45) is 3.44. The number of hydrogen-bond donors (Lipinski definition) is 1. The van der Waals surface area contributed by atoms with Crippen LogP contribution < -0.4 is 10.5 Å². The van der Waals surface area contributed by atoms with Gasteiger partial charge in [-0.3, -0.25) is 4.98 Å². The first-order valence-corrected chi connectivity index (χ1v) is 4.96. The van der Waals surface area contributed by atoms with E-state index in [1.165, 1.54) is 0 Å². The minimum atomic E-state index is -0.129. The molecule has 0 aromatic carbocycles. The highest BCUT2D eigenvalue weighted by Crippen LogP contribution is 2.47. The van der Waals surface area contributed by atoms with Crippen LogP contribution in [0, 0.1) is 11.8 Å². The van der Waals surface area contributed by atoms with Crippen molar-refractivity contribution in [2.75, 3.05) is 6.61 Å². The molecular weight excluding hydrogens is 176 g/mol. The molecule has 1 aromatic heterocycles. The van der Waals surface area contributed by atoms with Gasteiger partial charge in [0.15, 0.2) is 0 Å². The Morgan fingerprint density at radius 2 is 2.21 bits per heavy atom. The van der Waals surface area contributed by atoms with Gasteiger partial charge in [0, 0.05) is 6.20 Å². The molecule has 0 aliphatic heterocycles. The lowest BCUT2D eigenvalue weighted by molar-refractivity contribution is 0.264. The van der Waals surface area contributed by atoms with Gasteiger partial charge in [0.25, 0.3) is 0 Å². The Hall–Kier alpha value is -1.09. The van der Waals surface area contributed by atoms with Gasteiger partial charge in [0.05, 0.1) is 11.7 Å². The van der Waals surface area contributed by atoms with E-state index in [9.17, 15) is 0 Å². The highest BCUT2D eigenvalue weighted by atomic mass is 16.5. The monoisotopic (exact) mass is 192 g/mol. The van der Waals surface area contributed by atoms with E-state index in [0.29, 0.717) is 18.4 Å². The van der Waals surface area contributed by atoms with Crippen molar-refractivity contribution in [3.05, 3.63) is 24.5 Å². The summed E-state index contributed by atoms with van der Waals surface area (Å²) in [7, 11) is 0. The summed E-state index contributed by atoms with van der Waals surface area (Å²) in [6, 6.07) is 3.76. The van der Waals surface area contributed by atoms with E-state index in [4.69, 9.17) is 10.5 Å². The Morgan fingerprint density at radius 1 is 1.50 bits per heavy atom. The standard InChI is InChI=1S/C11H16N2O/c1-8-9(2)11(8,12)7-14-10-4-3-5-13-6-10/h3-6,8-9H,7,12H2,1-2H3. The summed E-state index contributed by atoms with van der Waals surface area (Å²) in [5.41, 5.74) is 6.01. The third-order valence-electron chi connectivity index (χ3n) is 3.46. The molecule has 14 heavy (non-hydrogen) atoms. The van der Waals surface area contributed by atoms with Gasteiger partial charge in [0.1, 0.15) is 12.4 Å². The third kappa shape index (κ3) is 1.48. The highest BCUT2D eigenvalue weighted by molar-refractivity contribution is 5.18. The minimum absolute atomic E-state index is 0.129. The fraction of sp³-hybridized carbons (Fsp3) is 0.545. The molecule has 2 N–H and O–H groups in total. The van der Waals surface area contributed by atoms with Crippen LogP contribution in [0.2, 0.25) is 0 Å². The lowest BCUT2D eigenvalue weighted by Crippen LogP contribution is -2.33. The summed E-state index contributed by atoms with van der Waals surface area (Å²) in [5.74, 6) is 1.90. The van der Waals surface area contributed by atoms with Gasteiger partial charge in [0.2, 0.25) is 0 Å². The molecule has 1 saturated carbocycles. The number of aromatic nitrogens is 1. The molecule has 1 aliphatic carbocycles. The molecule has 0 spiro atoms. The first-order chi connectivity index (χ1) is 6.64. The average molecular weight is 192 g/mol. The van der Waals surface area contributed by atoms with E-state index in [0.717, 1.165) is 5.75 Å². The molecule has 3 nitrogen and oxygen atoms in total. The van der Waals surface area contributed by atoms with E-state index in [1.54, 1.807) is 12.4 Å². The van der Waals surface area contributed by atoms with Crippen molar-refractivity contribution in [1.82, 2.24) is 4.98 Å². The van der Waals surface area contributed by atoms with E-state index in [-0.39, 0.29) is 5.54 Å². The number of hydrogen-bond acceptors (Lipinski definition) is 3. The molecule has 1 aliphatic rings. The van der Waals surface area contributed by atoms with Crippen LogP contribution in [0.1, 0.15) is 13.8 Å². The normalized spacial score (nSPS) is 35.4. The maximum Gasteiger partial charge on any atom is 0.137 e. The lowest BCUT2D eigenvalue weighted by atomic mass is 10.2. The Balaban J connectivity index is 1.90. The molecule has 3 heteroatoms. The minimum Gasteiger partial charge on any atom is -0.490 e. The van der Waals surface area contributed by atoms with E-state index < -0.39 is 0 Å². The largest absolute Gasteiger partial charge is 0.490 e. The number of nitrogens with zero attached hydrogens (tertiary/aromatic N) is 1. The Morgan fingerprint density at radius 3 is 2.71 bits per heavy atom. The molecule has 0 amide bonds. The van der Waals surface area contributed by atoms with Gasteiger partial charge in [-0.25, -0.2) is 0 Å². The Kier molecular flexibility index (Phi) is 2.19. The predicted octanol–water partition coefficient (Wildman–Crippen LogP) is 1.44. The number of pyridine rings is 1. The summed E-state index contributed by atoms with van der Waals surface area (Å²) >= 11 is 0. The summed E-state index contributed by atoms with van der Waals surface area (Å²) in [5, 5.41) is 0. The Labute approximate surface area is 84.3 Å². The van der Waals surface area contributed by atoms with Gasteiger partial charge < -0.3 is 10.5 Å². The fourth-order valence-corrected chi connectivity index (χ4v) is 1.80. The average Bonchev–Trinajstić information content (AvgIpc) is 2.69. The SMILES string of the molecule is CC1C(C)C1(N)COc1cccnc1. The maximum atomic E-state index is 6.14. The van der Waals surface area contributed by atoms with Crippen LogP contribution in [0.5, 0.6) is 5.75 Å². The van der Waals surface area contributed by atoms with Crippen molar-refractivity contribution in [3.8, 4) is 5.75 Å². The Bertz CT molecular complexity index is 304. The van der Waals surface area contributed by atoms with Crippen molar-refractivity contribution in [1.29, 1.82) is 0 Å². The smallest absolute Gasteiger partial charge is 0.137 e. The van der Waals surface area contributed by atoms with Crippen molar-refractivity contribution in [3.63, 3.8) is 0 Å². The quantitative estimate of drug-likeness (QED) is 0.788. The van der Waals surface area contributed by atoms with Gasteiger partial charge in [-0.15, -0.1) is 0 Å². The number of nitrogens with two attached hydrogens (primary N) is 1. The van der Waals surface area contributed by atoms with E-state index >= 15 is 0 Å². The summed E-state index contributed by atoms with van der Waals surface area (Å²) < 4.78 is 5.59. The molecule has 2 atom stereocenters. The molecule has 1 aromatic rings. The molecule has 1 fully saturated rings. The second-order valence-corrected chi connectivity index (χ2v) is 4.17. The zero-order valence-electron chi connectivity index (χ0n) is 8.60. The predicted molar refractivity (Wildman–Crippen MR) is 55.0 cm³/mol. The van der Waals surface area contributed by atoms with Gasteiger partial charge in [-0.05, 0) is 24.0 Å². The molecule has 0 saturated heterocycles. The maximum absolute atomic E-state index is 6.14. The van der Waals surface area contributed by atoms with Crippen LogP contribution in [-0.4, -0.2) is 17.1 Å². The van der Waals surface area contributed by atoms with Crippen LogP contribution in [0.3, 0.4) is 0 Å². The van der Waals surface area contributed by atoms with Crippen LogP contribution >= 0.6 is 0 Å². The first-order valence-electron chi connectivity index (χ1n) is 4.96. The van der Waals surface area contributed by atoms with Crippen molar-refractivity contribution >= 4 is 0 Å². The van der Waals surface area contributed by atoms with Crippen LogP contribution in [0.15, 0.2) is 24.5 Å². The van der Waals surface area contributed by atoms with Gasteiger partial charge in [-0.2, -0.15) is 0 Å².